The van der Waals surface area contributed by atoms with Crippen molar-refractivity contribution in [1.82, 2.24) is 14.9 Å². The van der Waals surface area contributed by atoms with Crippen LogP contribution in [0.4, 0.5) is 5.82 Å². The van der Waals surface area contributed by atoms with Crippen LogP contribution in [0.15, 0.2) is 0 Å². The number of hydrogen-bond donors (Lipinski definition) is 1. The van der Waals surface area contributed by atoms with Crippen LogP contribution >= 0.6 is 11.3 Å². The molecule has 1 N–H and O–H groups in total. The summed E-state index contributed by atoms with van der Waals surface area (Å²) in [5, 5.41) is 5.06. The normalized spacial score (nSPS) is 21.0. The molecule has 0 saturated carbocycles. The third-order valence-corrected chi connectivity index (χ3v) is 7.14. The molecule has 2 aliphatic rings. The first-order valence-corrected chi connectivity index (χ1v) is 11.4. The average molecular weight is 389 g/mol. The van der Waals surface area contributed by atoms with Gasteiger partial charge in [-0.15, -0.1) is 11.3 Å². The molecule has 0 amide bonds. The molecule has 1 saturated heterocycles. The Kier molecular flexibility index (Phi) is 5.95. The number of nitrogens with one attached hydrogen (secondary N) is 1. The van der Waals surface area contributed by atoms with E-state index in [1.54, 1.807) is 0 Å². The summed E-state index contributed by atoms with van der Waals surface area (Å²) in [6, 6.07) is 0.470. The van der Waals surface area contributed by atoms with Gasteiger partial charge in [-0.25, -0.2) is 9.97 Å². The smallest absolute Gasteiger partial charge is 0.146 e. The van der Waals surface area contributed by atoms with E-state index in [0.29, 0.717) is 6.04 Å². The van der Waals surface area contributed by atoms with Crippen molar-refractivity contribution < 1.29 is 4.74 Å². The zero-order chi connectivity index (χ0) is 18.8. The molecule has 2 aromatic heterocycles. The third-order valence-electron chi connectivity index (χ3n) is 6.00. The molecule has 1 atom stereocenters. The Hall–Kier alpha value is -1.24. The summed E-state index contributed by atoms with van der Waals surface area (Å²) >= 11 is 1.90. The van der Waals surface area contributed by atoms with Crippen LogP contribution in [0.2, 0.25) is 0 Å². The maximum absolute atomic E-state index is 5.49. The summed E-state index contributed by atoms with van der Waals surface area (Å²) in [4.78, 5) is 15.2. The van der Waals surface area contributed by atoms with Crippen molar-refractivity contribution in [3.8, 4) is 0 Å². The standard InChI is InChI=1S/C21H32N4OS/c1-4-15(5-2)22-20-19-16-7-6-14(3)12-17(16)27-21(19)24-18(23-20)13-25-8-10-26-11-9-25/h14-15H,4-13H2,1-3H3,(H,22,23,24)/t14-/m0/s1. The summed E-state index contributed by atoms with van der Waals surface area (Å²) in [6.07, 6.45) is 5.87. The van der Waals surface area contributed by atoms with E-state index in [4.69, 9.17) is 14.7 Å². The SMILES string of the molecule is CCC(CC)Nc1nc(CN2CCOCC2)nc2sc3c(c12)CC[C@H](C)C3. The van der Waals surface area contributed by atoms with Gasteiger partial charge in [0.05, 0.1) is 25.1 Å². The van der Waals surface area contributed by atoms with Crippen molar-refractivity contribution in [1.29, 1.82) is 0 Å². The fourth-order valence-electron chi connectivity index (χ4n) is 4.21. The summed E-state index contributed by atoms with van der Waals surface area (Å²) in [7, 11) is 0. The van der Waals surface area contributed by atoms with Crippen LogP contribution in [0.5, 0.6) is 0 Å². The topological polar surface area (TPSA) is 50.3 Å². The van der Waals surface area contributed by atoms with Gasteiger partial charge in [0, 0.05) is 24.0 Å². The highest BCUT2D eigenvalue weighted by molar-refractivity contribution is 7.19. The van der Waals surface area contributed by atoms with Gasteiger partial charge in [-0.1, -0.05) is 20.8 Å². The highest BCUT2D eigenvalue weighted by Gasteiger charge is 2.25. The molecule has 0 aromatic carbocycles. The van der Waals surface area contributed by atoms with Gasteiger partial charge in [-0.05, 0) is 43.6 Å². The molecule has 0 unspecified atom stereocenters. The fraction of sp³-hybridized carbons (Fsp3) is 0.714. The Labute approximate surface area is 166 Å². The van der Waals surface area contributed by atoms with Crippen LogP contribution in [-0.2, 0) is 24.1 Å². The van der Waals surface area contributed by atoms with E-state index in [-0.39, 0.29) is 0 Å². The summed E-state index contributed by atoms with van der Waals surface area (Å²) in [5.74, 6) is 2.80. The number of nitrogens with zero attached hydrogens (tertiary/aromatic N) is 3. The lowest BCUT2D eigenvalue weighted by molar-refractivity contribution is 0.0331. The molecule has 3 heterocycles. The predicted octanol–water partition coefficient (Wildman–Crippen LogP) is 4.25. The van der Waals surface area contributed by atoms with Gasteiger partial charge in [0.1, 0.15) is 16.5 Å². The van der Waals surface area contributed by atoms with Crippen molar-refractivity contribution >= 4 is 27.4 Å². The fourth-order valence-corrected chi connectivity index (χ4v) is 5.61. The molecule has 4 rings (SSSR count). The predicted molar refractivity (Wildman–Crippen MR) is 113 cm³/mol. The van der Waals surface area contributed by atoms with E-state index in [1.807, 2.05) is 11.3 Å². The molecule has 6 heteroatoms. The number of ether oxygens (including phenoxy) is 1. The molecule has 1 fully saturated rings. The van der Waals surface area contributed by atoms with Crippen molar-refractivity contribution in [2.45, 2.75) is 65.5 Å². The Balaban J connectivity index is 1.72. The van der Waals surface area contributed by atoms with Crippen molar-refractivity contribution in [3.63, 3.8) is 0 Å². The minimum atomic E-state index is 0.470. The van der Waals surface area contributed by atoms with E-state index in [0.717, 1.165) is 63.2 Å². The maximum atomic E-state index is 5.49. The van der Waals surface area contributed by atoms with Crippen LogP contribution in [0.3, 0.4) is 0 Å². The average Bonchev–Trinajstić information content (AvgIpc) is 3.04. The van der Waals surface area contributed by atoms with Crippen LogP contribution in [-0.4, -0.2) is 47.2 Å². The van der Waals surface area contributed by atoms with Gasteiger partial charge in [-0.3, -0.25) is 4.90 Å². The molecule has 0 bridgehead atoms. The molecule has 5 nitrogen and oxygen atoms in total. The van der Waals surface area contributed by atoms with E-state index < -0.39 is 0 Å². The van der Waals surface area contributed by atoms with E-state index in [1.165, 1.54) is 39.9 Å². The molecule has 1 aliphatic heterocycles. The number of fused-ring (bicyclic) bond motifs is 3. The van der Waals surface area contributed by atoms with Crippen LogP contribution in [0.25, 0.3) is 10.2 Å². The number of aromatic nitrogens is 2. The van der Waals surface area contributed by atoms with Gasteiger partial charge in [0.2, 0.25) is 0 Å². The van der Waals surface area contributed by atoms with Crippen molar-refractivity contribution in [2.75, 3.05) is 31.6 Å². The summed E-state index contributed by atoms with van der Waals surface area (Å²) in [6.45, 7) is 11.2. The van der Waals surface area contributed by atoms with Gasteiger partial charge in [0.15, 0.2) is 0 Å². The first-order valence-electron chi connectivity index (χ1n) is 10.6. The number of rotatable bonds is 6. The Morgan fingerprint density at radius 1 is 1.22 bits per heavy atom. The Morgan fingerprint density at radius 3 is 2.74 bits per heavy atom. The monoisotopic (exact) mass is 388 g/mol. The highest BCUT2D eigenvalue weighted by atomic mass is 32.1. The van der Waals surface area contributed by atoms with Gasteiger partial charge in [-0.2, -0.15) is 0 Å². The summed E-state index contributed by atoms with van der Waals surface area (Å²) in [5.41, 5.74) is 1.51. The van der Waals surface area contributed by atoms with Gasteiger partial charge >= 0.3 is 0 Å². The quantitative estimate of drug-likeness (QED) is 0.802. The lowest BCUT2D eigenvalue weighted by atomic mass is 9.89. The zero-order valence-electron chi connectivity index (χ0n) is 16.9. The van der Waals surface area contributed by atoms with Crippen LogP contribution < -0.4 is 5.32 Å². The lowest BCUT2D eigenvalue weighted by Gasteiger charge is -2.26. The largest absolute Gasteiger partial charge is 0.379 e. The minimum Gasteiger partial charge on any atom is -0.379 e. The molecule has 2 aromatic rings. The van der Waals surface area contributed by atoms with Gasteiger partial charge < -0.3 is 10.1 Å². The zero-order valence-corrected chi connectivity index (χ0v) is 17.7. The first-order chi connectivity index (χ1) is 13.2. The number of anilines is 1. The van der Waals surface area contributed by atoms with Crippen molar-refractivity contribution in [2.24, 2.45) is 5.92 Å². The molecule has 1 aliphatic carbocycles. The Morgan fingerprint density at radius 2 is 2.00 bits per heavy atom. The number of thiophene rings is 1. The molecular formula is C21H32N4OS. The lowest BCUT2D eigenvalue weighted by Crippen LogP contribution is -2.36. The molecule has 0 spiro atoms. The molecule has 148 valence electrons. The second-order valence-electron chi connectivity index (χ2n) is 8.07. The molecule has 0 radical (unpaired) electrons. The first kappa shape index (κ1) is 19.1. The number of morpholine rings is 1. The minimum absolute atomic E-state index is 0.470. The molecular weight excluding hydrogens is 356 g/mol. The second-order valence-corrected chi connectivity index (χ2v) is 9.15. The second kappa shape index (κ2) is 8.41. The Bertz CT molecular complexity index is 780. The van der Waals surface area contributed by atoms with Crippen LogP contribution in [0.1, 0.15) is 56.3 Å². The summed E-state index contributed by atoms with van der Waals surface area (Å²) < 4.78 is 5.49. The van der Waals surface area contributed by atoms with E-state index in [9.17, 15) is 0 Å². The maximum Gasteiger partial charge on any atom is 0.146 e. The van der Waals surface area contributed by atoms with E-state index in [2.05, 4.69) is 31.0 Å². The number of aryl methyl sites for hydroxylation is 1. The third kappa shape index (κ3) is 4.13. The van der Waals surface area contributed by atoms with Gasteiger partial charge in [0.25, 0.3) is 0 Å². The van der Waals surface area contributed by atoms with Crippen molar-refractivity contribution in [3.05, 3.63) is 16.3 Å². The van der Waals surface area contributed by atoms with E-state index >= 15 is 0 Å². The van der Waals surface area contributed by atoms with Crippen LogP contribution in [0, 0.1) is 5.92 Å². The number of hydrogen-bond acceptors (Lipinski definition) is 6. The molecule has 27 heavy (non-hydrogen) atoms. The highest BCUT2D eigenvalue weighted by Crippen LogP contribution is 2.40.